The Bertz CT molecular complexity index is 1430. The number of benzene rings is 3. The van der Waals surface area contributed by atoms with Crippen LogP contribution in [-0.2, 0) is 16.0 Å². The van der Waals surface area contributed by atoms with E-state index in [-0.39, 0.29) is 23.7 Å². The van der Waals surface area contributed by atoms with Crippen molar-refractivity contribution in [2.24, 2.45) is 0 Å². The number of hydrogen-bond acceptors (Lipinski definition) is 3. The van der Waals surface area contributed by atoms with Crippen LogP contribution in [0.25, 0.3) is 0 Å². The summed E-state index contributed by atoms with van der Waals surface area (Å²) in [6, 6.07) is 17.0. The summed E-state index contributed by atoms with van der Waals surface area (Å²) in [5.41, 5.74) is 1.77. The molecule has 0 saturated heterocycles. The highest BCUT2D eigenvalue weighted by molar-refractivity contribution is 6.31. The first-order valence-corrected chi connectivity index (χ1v) is 14.0. The van der Waals surface area contributed by atoms with E-state index >= 15 is 4.39 Å². The van der Waals surface area contributed by atoms with Gasteiger partial charge in [-0.05, 0) is 61.1 Å². The molecule has 5 rings (SSSR count). The number of amides is 3. The molecule has 0 bridgehead atoms. The standard InChI is InChI=1S/C31H31ClFN3O4/c32-22-13-6-5-12-21(22)27(30(38)34-20-10-2-1-3-11-20)28-23(33)14-8-15-24(28)35-29(37)26-18-17-19-9-4-7-16-25(19)36(26)31(39)40/h4-9,12-16,20,26-27H,1-3,10-11,17-18H2,(H,34,38)(H,35,37)(H,39,40). The molecule has 1 fully saturated rings. The van der Waals surface area contributed by atoms with Crippen molar-refractivity contribution in [2.45, 2.75) is 62.9 Å². The van der Waals surface area contributed by atoms with E-state index in [9.17, 15) is 19.5 Å². The molecule has 3 N–H and O–H groups in total. The van der Waals surface area contributed by atoms with Gasteiger partial charge in [-0.15, -0.1) is 0 Å². The van der Waals surface area contributed by atoms with Crippen molar-refractivity contribution in [3.05, 3.63) is 94.3 Å². The number of halogens is 2. The molecule has 3 aromatic rings. The van der Waals surface area contributed by atoms with Gasteiger partial charge in [0.25, 0.3) is 0 Å². The first-order valence-electron chi connectivity index (χ1n) is 13.6. The third-order valence-corrected chi connectivity index (χ3v) is 8.13. The van der Waals surface area contributed by atoms with Crippen LogP contribution in [0, 0.1) is 5.82 Å². The summed E-state index contributed by atoms with van der Waals surface area (Å²) in [7, 11) is 0. The van der Waals surface area contributed by atoms with Crippen molar-refractivity contribution >= 4 is 40.9 Å². The zero-order chi connectivity index (χ0) is 28.2. The molecule has 1 aliphatic carbocycles. The van der Waals surface area contributed by atoms with Gasteiger partial charge >= 0.3 is 6.09 Å². The Morgan fingerprint density at radius 2 is 1.65 bits per heavy atom. The van der Waals surface area contributed by atoms with Crippen LogP contribution in [0.15, 0.2) is 66.7 Å². The number of hydrogen-bond donors (Lipinski definition) is 3. The van der Waals surface area contributed by atoms with Crippen LogP contribution >= 0.6 is 11.6 Å². The molecule has 208 valence electrons. The maximum atomic E-state index is 15.7. The summed E-state index contributed by atoms with van der Waals surface area (Å²) in [6.45, 7) is 0. The Labute approximate surface area is 237 Å². The number of nitrogens with zero attached hydrogens (tertiary/aromatic N) is 1. The van der Waals surface area contributed by atoms with Crippen LogP contribution in [0.5, 0.6) is 0 Å². The molecule has 1 saturated carbocycles. The molecule has 40 heavy (non-hydrogen) atoms. The molecule has 3 aromatic carbocycles. The smallest absolute Gasteiger partial charge is 0.412 e. The van der Waals surface area contributed by atoms with E-state index in [2.05, 4.69) is 10.6 Å². The summed E-state index contributed by atoms with van der Waals surface area (Å²) in [6.07, 6.45) is 4.33. The predicted molar refractivity (Wildman–Crippen MR) is 152 cm³/mol. The topological polar surface area (TPSA) is 98.7 Å². The van der Waals surface area contributed by atoms with Crippen molar-refractivity contribution in [3.8, 4) is 0 Å². The van der Waals surface area contributed by atoms with E-state index in [1.807, 2.05) is 12.1 Å². The third kappa shape index (κ3) is 5.68. The number of carbonyl (C=O) groups excluding carboxylic acids is 2. The van der Waals surface area contributed by atoms with Crippen LogP contribution in [0.2, 0.25) is 5.02 Å². The zero-order valence-electron chi connectivity index (χ0n) is 21.9. The Kier molecular flexibility index (Phi) is 8.35. The number of nitrogens with one attached hydrogen (secondary N) is 2. The van der Waals surface area contributed by atoms with Crippen molar-refractivity contribution in [3.63, 3.8) is 0 Å². The van der Waals surface area contributed by atoms with Crippen molar-refractivity contribution < 1.29 is 23.9 Å². The minimum Gasteiger partial charge on any atom is -0.465 e. The van der Waals surface area contributed by atoms with Crippen LogP contribution < -0.4 is 15.5 Å². The lowest BCUT2D eigenvalue weighted by Gasteiger charge is -2.34. The van der Waals surface area contributed by atoms with Gasteiger partial charge in [0, 0.05) is 22.3 Å². The minimum atomic E-state index is -1.26. The van der Waals surface area contributed by atoms with Crippen LogP contribution in [0.4, 0.5) is 20.6 Å². The molecule has 7 nitrogen and oxygen atoms in total. The normalized spacial score (nSPS) is 17.9. The summed E-state index contributed by atoms with van der Waals surface area (Å²) < 4.78 is 15.7. The summed E-state index contributed by atoms with van der Waals surface area (Å²) in [5, 5.41) is 16.1. The Morgan fingerprint density at radius 3 is 2.40 bits per heavy atom. The van der Waals surface area contributed by atoms with Crippen LogP contribution in [-0.4, -0.2) is 35.1 Å². The van der Waals surface area contributed by atoms with E-state index < -0.39 is 35.7 Å². The number of carbonyl (C=O) groups is 3. The second-order valence-electron chi connectivity index (χ2n) is 10.3. The SMILES string of the molecule is O=C(NC1CCCCC1)C(c1ccccc1Cl)c1c(F)cccc1NC(=O)C1CCc2ccccc2N1C(=O)O. The van der Waals surface area contributed by atoms with Gasteiger partial charge < -0.3 is 15.7 Å². The quantitative estimate of drug-likeness (QED) is 0.319. The lowest BCUT2D eigenvalue weighted by atomic mass is 9.87. The van der Waals surface area contributed by atoms with E-state index in [1.165, 1.54) is 18.2 Å². The molecular weight excluding hydrogens is 533 g/mol. The molecule has 1 aliphatic heterocycles. The highest BCUT2D eigenvalue weighted by atomic mass is 35.5. The second-order valence-corrected chi connectivity index (χ2v) is 10.7. The van der Waals surface area contributed by atoms with E-state index in [4.69, 9.17) is 11.6 Å². The maximum Gasteiger partial charge on any atom is 0.412 e. The van der Waals surface area contributed by atoms with Gasteiger partial charge in [0.2, 0.25) is 11.8 Å². The number of para-hydroxylation sites is 1. The van der Waals surface area contributed by atoms with Crippen molar-refractivity contribution in [1.82, 2.24) is 5.32 Å². The molecule has 9 heteroatoms. The first-order chi connectivity index (χ1) is 19.3. The number of fused-ring (bicyclic) bond motifs is 1. The summed E-state index contributed by atoms with van der Waals surface area (Å²) in [4.78, 5) is 40.7. The molecule has 2 unspecified atom stereocenters. The van der Waals surface area contributed by atoms with Crippen LogP contribution in [0.3, 0.4) is 0 Å². The number of rotatable bonds is 6. The molecule has 2 aliphatic rings. The van der Waals surface area contributed by atoms with Gasteiger partial charge in [0.1, 0.15) is 11.9 Å². The highest BCUT2D eigenvalue weighted by Crippen LogP contribution is 2.38. The van der Waals surface area contributed by atoms with E-state index in [0.29, 0.717) is 22.7 Å². The molecule has 0 radical (unpaired) electrons. The summed E-state index contributed by atoms with van der Waals surface area (Å²) >= 11 is 6.53. The highest BCUT2D eigenvalue weighted by Gasteiger charge is 2.37. The van der Waals surface area contributed by atoms with Gasteiger partial charge in [-0.25, -0.2) is 9.18 Å². The van der Waals surface area contributed by atoms with Gasteiger partial charge in [-0.1, -0.05) is 73.3 Å². The Hall–Kier alpha value is -3.91. The third-order valence-electron chi connectivity index (χ3n) is 7.79. The largest absolute Gasteiger partial charge is 0.465 e. The summed E-state index contributed by atoms with van der Waals surface area (Å²) in [5.74, 6) is -2.81. The molecule has 0 aromatic heterocycles. The zero-order valence-corrected chi connectivity index (χ0v) is 22.7. The van der Waals surface area contributed by atoms with E-state index in [1.54, 1.807) is 36.4 Å². The maximum absolute atomic E-state index is 15.7. The predicted octanol–water partition coefficient (Wildman–Crippen LogP) is 6.50. The fourth-order valence-corrected chi connectivity index (χ4v) is 6.10. The molecule has 1 heterocycles. The van der Waals surface area contributed by atoms with Gasteiger partial charge in [-0.2, -0.15) is 0 Å². The van der Waals surface area contributed by atoms with Gasteiger partial charge in [-0.3, -0.25) is 14.5 Å². The Morgan fingerprint density at radius 1 is 0.925 bits per heavy atom. The number of aryl methyl sites for hydroxylation is 1. The average molecular weight is 564 g/mol. The molecule has 3 amide bonds. The molecule has 2 atom stereocenters. The average Bonchev–Trinajstić information content (AvgIpc) is 2.95. The van der Waals surface area contributed by atoms with Crippen molar-refractivity contribution in [1.29, 1.82) is 0 Å². The van der Waals surface area contributed by atoms with E-state index in [0.717, 1.165) is 42.6 Å². The molecule has 0 spiro atoms. The lowest BCUT2D eigenvalue weighted by Crippen LogP contribution is -2.50. The lowest BCUT2D eigenvalue weighted by molar-refractivity contribution is -0.122. The van der Waals surface area contributed by atoms with Gasteiger partial charge in [0.15, 0.2) is 0 Å². The fourth-order valence-electron chi connectivity index (χ4n) is 5.86. The van der Waals surface area contributed by atoms with Crippen LogP contribution in [0.1, 0.15) is 61.1 Å². The number of anilines is 2. The first kappa shape index (κ1) is 27.6. The Balaban J connectivity index is 1.51. The van der Waals surface area contributed by atoms with Crippen molar-refractivity contribution in [2.75, 3.05) is 10.2 Å². The minimum absolute atomic E-state index is 0.0182. The fraction of sp³-hybridized carbons (Fsp3) is 0.323. The molecular formula is C31H31ClFN3O4. The number of carboxylic acid groups (broad SMARTS) is 1. The monoisotopic (exact) mass is 563 g/mol. The van der Waals surface area contributed by atoms with Gasteiger partial charge in [0.05, 0.1) is 11.6 Å². The second kappa shape index (κ2) is 12.1.